The molecule has 0 radical (unpaired) electrons. The normalized spacial score (nSPS) is 28.2. The highest BCUT2D eigenvalue weighted by molar-refractivity contribution is 4.88. The molecule has 118 valence electrons. The van der Waals surface area contributed by atoms with Gasteiger partial charge in [0, 0.05) is 26.3 Å². The summed E-state index contributed by atoms with van der Waals surface area (Å²) in [6.45, 7) is 12.8. The Kier molecular flexibility index (Phi) is 6.79. The fraction of sp³-hybridized carbons (Fsp3) is 1.00. The third-order valence-corrected chi connectivity index (χ3v) is 5.15. The zero-order valence-electron chi connectivity index (χ0n) is 13.6. The van der Waals surface area contributed by atoms with E-state index in [-0.39, 0.29) is 0 Å². The molecule has 20 heavy (non-hydrogen) atoms. The Hall–Kier alpha value is -0.120. The van der Waals surface area contributed by atoms with Crippen molar-refractivity contribution in [2.75, 3.05) is 45.9 Å². The Morgan fingerprint density at radius 3 is 2.75 bits per heavy atom. The standard InChI is InChI=1S/C17H34N2O/c1-3-9-18-14-17(7-12-20-13-8-17)15-19-10-4-5-16(2)6-11-19/h16,18H,3-15H2,1-2H3. The molecule has 2 aliphatic heterocycles. The molecular weight excluding hydrogens is 248 g/mol. The van der Waals surface area contributed by atoms with Crippen molar-refractivity contribution < 1.29 is 4.74 Å². The number of nitrogens with zero attached hydrogens (tertiary/aromatic N) is 1. The molecule has 0 aromatic carbocycles. The third kappa shape index (κ3) is 5.01. The summed E-state index contributed by atoms with van der Waals surface area (Å²) in [5.74, 6) is 0.920. The van der Waals surface area contributed by atoms with Gasteiger partial charge >= 0.3 is 0 Å². The van der Waals surface area contributed by atoms with Gasteiger partial charge in [-0.05, 0) is 69.5 Å². The molecule has 2 saturated heterocycles. The van der Waals surface area contributed by atoms with Crippen LogP contribution in [-0.4, -0.2) is 50.8 Å². The molecule has 1 N–H and O–H groups in total. The van der Waals surface area contributed by atoms with Crippen molar-refractivity contribution in [1.29, 1.82) is 0 Å². The molecule has 2 rings (SSSR count). The second-order valence-corrected chi connectivity index (χ2v) is 7.10. The molecule has 0 saturated carbocycles. The van der Waals surface area contributed by atoms with E-state index < -0.39 is 0 Å². The van der Waals surface area contributed by atoms with E-state index in [0.717, 1.165) is 25.7 Å². The summed E-state index contributed by atoms with van der Waals surface area (Å²) in [4.78, 5) is 2.74. The molecule has 1 unspecified atom stereocenters. The van der Waals surface area contributed by atoms with E-state index >= 15 is 0 Å². The second kappa shape index (κ2) is 8.35. The van der Waals surface area contributed by atoms with Crippen molar-refractivity contribution in [2.45, 2.75) is 52.4 Å². The molecule has 0 aromatic heterocycles. The number of likely N-dealkylation sites (tertiary alicyclic amines) is 1. The van der Waals surface area contributed by atoms with Crippen LogP contribution >= 0.6 is 0 Å². The lowest BCUT2D eigenvalue weighted by molar-refractivity contribution is -0.00393. The summed E-state index contributed by atoms with van der Waals surface area (Å²) in [6, 6.07) is 0. The predicted molar refractivity (Wildman–Crippen MR) is 85.1 cm³/mol. The summed E-state index contributed by atoms with van der Waals surface area (Å²) < 4.78 is 5.62. The first-order chi connectivity index (χ1) is 9.74. The lowest BCUT2D eigenvalue weighted by Gasteiger charge is -2.41. The molecule has 2 aliphatic rings. The van der Waals surface area contributed by atoms with E-state index in [4.69, 9.17) is 4.74 Å². The number of nitrogens with one attached hydrogen (secondary N) is 1. The van der Waals surface area contributed by atoms with Gasteiger partial charge in [0.25, 0.3) is 0 Å². The van der Waals surface area contributed by atoms with Crippen molar-refractivity contribution >= 4 is 0 Å². The van der Waals surface area contributed by atoms with E-state index in [1.165, 1.54) is 64.7 Å². The minimum atomic E-state index is 0.459. The number of hydrogen-bond acceptors (Lipinski definition) is 3. The fourth-order valence-corrected chi connectivity index (χ4v) is 3.68. The highest BCUT2D eigenvalue weighted by Gasteiger charge is 2.34. The number of rotatable bonds is 6. The Morgan fingerprint density at radius 1 is 1.20 bits per heavy atom. The topological polar surface area (TPSA) is 24.5 Å². The molecule has 0 amide bonds. The maximum atomic E-state index is 5.62. The van der Waals surface area contributed by atoms with Crippen molar-refractivity contribution in [2.24, 2.45) is 11.3 Å². The van der Waals surface area contributed by atoms with Gasteiger partial charge in [-0.1, -0.05) is 13.8 Å². The van der Waals surface area contributed by atoms with Gasteiger partial charge in [-0.25, -0.2) is 0 Å². The summed E-state index contributed by atoms with van der Waals surface area (Å²) >= 11 is 0. The van der Waals surface area contributed by atoms with E-state index in [2.05, 4.69) is 24.1 Å². The van der Waals surface area contributed by atoms with Crippen LogP contribution in [0.15, 0.2) is 0 Å². The fourth-order valence-electron chi connectivity index (χ4n) is 3.68. The minimum Gasteiger partial charge on any atom is -0.381 e. The maximum absolute atomic E-state index is 5.62. The average Bonchev–Trinajstić information content (AvgIpc) is 2.65. The van der Waals surface area contributed by atoms with E-state index in [1.54, 1.807) is 0 Å². The van der Waals surface area contributed by atoms with Crippen molar-refractivity contribution in [3.63, 3.8) is 0 Å². The van der Waals surface area contributed by atoms with Crippen molar-refractivity contribution in [3.05, 3.63) is 0 Å². The van der Waals surface area contributed by atoms with Crippen LogP contribution in [0.4, 0.5) is 0 Å². The largest absolute Gasteiger partial charge is 0.381 e. The first kappa shape index (κ1) is 16.3. The zero-order chi connectivity index (χ0) is 14.3. The summed E-state index contributed by atoms with van der Waals surface area (Å²) in [6.07, 6.45) is 7.88. The average molecular weight is 282 g/mol. The van der Waals surface area contributed by atoms with Crippen LogP contribution in [0.25, 0.3) is 0 Å². The van der Waals surface area contributed by atoms with Crippen molar-refractivity contribution in [1.82, 2.24) is 10.2 Å². The third-order valence-electron chi connectivity index (χ3n) is 5.15. The number of hydrogen-bond donors (Lipinski definition) is 1. The van der Waals surface area contributed by atoms with E-state index in [9.17, 15) is 0 Å². The van der Waals surface area contributed by atoms with Gasteiger partial charge < -0.3 is 15.0 Å². The van der Waals surface area contributed by atoms with Gasteiger partial charge in [0.05, 0.1) is 0 Å². The SMILES string of the molecule is CCCNCC1(CN2CCCC(C)CC2)CCOCC1. The molecule has 0 aliphatic carbocycles. The van der Waals surface area contributed by atoms with Crippen LogP contribution in [0.2, 0.25) is 0 Å². The molecule has 0 bridgehead atoms. The maximum Gasteiger partial charge on any atom is 0.0472 e. The summed E-state index contributed by atoms with van der Waals surface area (Å²) in [7, 11) is 0. The van der Waals surface area contributed by atoms with Crippen LogP contribution in [0.1, 0.15) is 52.4 Å². The quantitative estimate of drug-likeness (QED) is 0.758. The molecule has 1 atom stereocenters. The lowest BCUT2D eigenvalue weighted by Crippen LogP contribution is -2.47. The molecule has 3 nitrogen and oxygen atoms in total. The van der Waals surface area contributed by atoms with Gasteiger partial charge in [-0.3, -0.25) is 0 Å². The smallest absolute Gasteiger partial charge is 0.0472 e. The van der Waals surface area contributed by atoms with Gasteiger partial charge in [-0.2, -0.15) is 0 Å². The first-order valence-electron chi connectivity index (χ1n) is 8.75. The van der Waals surface area contributed by atoms with E-state index in [0.29, 0.717) is 5.41 Å². The Morgan fingerprint density at radius 2 is 2.00 bits per heavy atom. The van der Waals surface area contributed by atoms with Crippen LogP contribution < -0.4 is 5.32 Å². The van der Waals surface area contributed by atoms with Crippen LogP contribution in [-0.2, 0) is 4.74 Å². The van der Waals surface area contributed by atoms with Gasteiger partial charge in [-0.15, -0.1) is 0 Å². The Bertz CT molecular complexity index is 264. The van der Waals surface area contributed by atoms with Crippen LogP contribution in [0.5, 0.6) is 0 Å². The first-order valence-corrected chi connectivity index (χ1v) is 8.75. The Labute approximate surface area is 125 Å². The molecule has 3 heteroatoms. The molecule has 2 fully saturated rings. The monoisotopic (exact) mass is 282 g/mol. The van der Waals surface area contributed by atoms with Crippen molar-refractivity contribution in [3.8, 4) is 0 Å². The van der Waals surface area contributed by atoms with Gasteiger partial charge in [0.1, 0.15) is 0 Å². The minimum absolute atomic E-state index is 0.459. The second-order valence-electron chi connectivity index (χ2n) is 7.10. The zero-order valence-corrected chi connectivity index (χ0v) is 13.6. The molecular formula is C17H34N2O. The number of ether oxygens (including phenoxy) is 1. The molecule has 0 aromatic rings. The van der Waals surface area contributed by atoms with Crippen LogP contribution in [0.3, 0.4) is 0 Å². The highest BCUT2D eigenvalue weighted by atomic mass is 16.5. The van der Waals surface area contributed by atoms with Gasteiger partial charge in [0.2, 0.25) is 0 Å². The summed E-state index contributed by atoms with van der Waals surface area (Å²) in [5, 5.41) is 3.68. The van der Waals surface area contributed by atoms with E-state index in [1.807, 2.05) is 0 Å². The predicted octanol–water partition coefficient (Wildman–Crippen LogP) is 2.90. The van der Waals surface area contributed by atoms with Crippen LogP contribution in [0, 0.1) is 11.3 Å². The molecule has 2 heterocycles. The summed E-state index contributed by atoms with van der Waals surface area (Å²) in [5.41, 5.74) is 0.459. The lowest BCUT2D eigenvalue weighted by atomic mass is 9.79. The Balaban J connectivity index is 1.88. The molecule has 0 spiro atoms. The highest BCUT2D eigenvalue weighted by Crippen LogP contribution is 2.32. The van der Waals surface area contributed by atoms with Gasteiger partial charge in [0.15, 0.2) is 0 Å².